The van der Waals surface area contributed by atoms with Crippen LogP contribution in [0, 0.1) is 28.6 Å². The number of carboxylic acids is 2. The molecule has 2 aliphatic rings. The van der Waals surface area contributed by atoms with E-state index in [1.165, 1.54) is 31.3 Å². The summed E-state index contributed by atoms with van der Waals surface area (Å²) in [5.41, 5.74) is 1.73. The Hall–Kier alpha value is -1.32. The average Bonchev–Trinajstić information content (AvgIpc) is 2.43. The number of carboxylic acid groups (broad SMARTS) is 2. The summed E-state index contributed by atoms with van der Waals surface area (Å²) in [5, 5.41) is 18.3. The molecular formula is C20H32O4. The minimum Gasteiger partial charge on any atom is -0.481 e. The van der Waals surface area contributed by atoms with Crippen molar-refractivity contribution in [3.63, 3.8) is 0 Å². The molecule has 0 bridgehead atoms. The lowest BCUT2D eigenvalue weighted by molar-refractivity contribution is -0.148. The van der Waals surface area contributed by atoms with Crippen molar-refractivity contribution in [1.29, 1.82) is 0 Å². The third-order valence-corrected chi connectivity index (χ3v) is 6.89. The van der Waals surface area contributed by atoms with E-state index in [2.05, 4.69) is 27.4 Å². The monoisotopic (exact) mass is 336 g/mol. The van der Waals surface area contributed by atoms with E-state index in [1.807, 2.05) is 0 Å². The molecule has 24 heavy (non-hydrogen) atoms. The highest BCUT2D eigenvalue weighted by Gasteiger charge is 2.52. The lowest BCUT2D eigenvalue weighted by Gasteiger charge is -2.58. The van der Waals surface area contributed by atoms with Gasteiger partial charge in [-0.25, -0.2) is 0 Å². The van der Waals surface area contributed by atoms with E-state index in [-0.39, 0.29) is 11.8 Å². The van der Waals surface area contributed by atoms with Gasteiger partial charge < -0.3 is 10.2 Å². The molecule has 0 spiro atoms. The average molecular weight is 336 g/mol. The minimum absolute atomic E-state index is 0.170. The Morgan fingerprint density at radius 3 is 2.50 bits per heavy atom. The molecule has 2 aliphatic carbocycles. The van der Waals surface area contributed by atoms with Crippen LogP contribution in [0.2, 0.25) is 0 Å². The maximum absolute atomic E-state index is 11.4. The van der Waals surface area contributed by atoms with Crippen LogP contribution in [0.1, 0.15) is 72.1 Å². The van der Waals surface area contributed by atoms with Crippen LogP contribution in [-0.2, 0) is 9.59 Å². The Balaban J connectivity index is 2.16. The van der Waals surface area contributed by atoms with Crippen LogP contribution < -0.4 is 0 Å². The Bertz CT molecular complexity index is 522. The predicted molar refractivity (Wildman–Crippen MR) is 93.7 cm³/mol. The molecule has 0 amide bonds. The molecule has 2 fully saturated rings. The first-order valence-corrected chi connectivity index (χ1v) is 9.20. The van der Waals surface area contributed by atoms with E-state index >= 15 is 0 Å². The lowest BCUT2D eigenvalue weighted by Crippen LogP contribution is -2.49. The molecule has 4 atom stereocenters. The summed E-state index contributed by atoms with van der Waals surface area (Å²) in [4.78, 5) is 22.3. The molecule has 2 N–H and O–H groups in total. The number of fused-ring (bicyclic) bond motifs is 1. The number of hydrogen-bond donors (Lipinski definition) is 2. The molecule has 0 aromatic carbocycles. The van der Waals surface area contributed by atoms with Crippen LogP contribution in [0.4, 0.5) is 0 Å². The first kappa shape index (κ1) is 19.0. The number of carbonyl (C=O) groups is 2. The van der Waals surface area contributed by atoms with E-state index in [0.717, 1.165) is 12.8 Å². The predicted octanol–water partition coefficient (Wildman–Crippen LogP) is 4.74. The Labute approximate surface area is 145 Å². The molecule has 0 aromatic rings. The van der Waals surface area contributed by atoms with E-state index in [9.17, 15) is 14.7 Å². The molecule has 0 aliphatic heterocycles. The third kappa shape index (κ3) is 3.68. The van der Waals surface area contributed by atoms with Gasteiger partial charge in [-0.15, -0.1) is 0 Å². The smallest absolute Gasteiger partial charge is 0.307 e. The molecule has 4 heteroatoms. The summed E-state index contributed by atoms with van der Waals surface area (Å²) >= 11 is 0. The number of hydrogen-bond acceptors (Lipinski definition) is 2. The van der Waals surface area contributed by atoms with Crippen LogP contribution in [-0.4, -0.2) is 22.2 Å². The number of allylic oxidation sites excluding steroid dienone is 1. The fourth-order valence-electron chi connectivity index (χ4n) is 5.70. The zero-order chi connectivity index (χ0) is 18.1. The van der Waals surface area contributed by atoms with Gasteiger partial charge in [0.1, 0.15) is 0 Å². The summed E-state index contributed by atoms with van der Waals surface area (Å²) in [5.74, 6) is -1.88. The van der Waals surface area contributed by atoms with E-state index in [1.54, 1.807) is 0 Å². The second-order valence-electron chi connectivity index (χ2n) is 8.86. The van der Waals surface area contributed by atoms with Crippen molar-refractivity contribution in [2.24, 2.45) is 28.6 Å². The second-order valence-corrected chi connectivity index (χ2v) is 8.86. The van der Waals surface area contributed by atoms with Crippen molar-refractivity contribution in [2.75, 3.05) is 0 Å². The van der Waals surface area contributed by atoms with Gasteiger partial charge >= 0.3 is 11.9 Å². The second kappa shape index (κ2) is 6.89. The fourth-order valence-corrected chi connectivity index (χ4v) is 5.70. The SMILES string of the molecule is C=C1CC[C@@H]2C(C)(C)CCC[C@@]2(C)[C@@H]1CC[C@@H](CC(=O)O)C(=O)O. The van der Waals surface area contributed by atoms with Gasteiger partial charge in [-0.2, -0.15) is 0 Å². The van der Waals surface area contributed by atoms with Crippen molar-refractivity contribution >= 4 is 11.9 Å². The van der Waals surface area contributed by atoms with Gasteiger partial charge in [0.25, 0.3) is 0 Å². The van der Waals surface area contributed by atoms with Gasteiger partial charge in [0.15, 0.2) is 0 Å². The van der Waals surface area contributed by atoms with Crippen LogP contribution in [0.15, 0.2) is 12.2 Å². The maximum atomic E-state index is 11.4. The highest BCUT2D eigenvalue weighted by atomic mass is 16.4. The quantitative estimate of drug-likeness (QED) is 0.687. The lowest BCUT2D eigenvalue weighted by atomic mass is 9.47. The first-order chi connectivity index (χ1) is 11.1. The van der Waals surface area contributed by atoms with Crippen molar-refractivity contribution in [3.8, 4) is 0 Å². The topological polar surface area (TPSA) is 74.6 Å². The van der Waals surface area contributed by atoms with Gasteiger partial charge in [-0.3, -0.25) is 9.59 Å². The summed E-state index contributed by atoms with van der Waals surface area (Å²) in [6, 6.07) is 0. The molecule has 136 valence electrons. The number of rotatable bonds is 6. The van der Waals surface area contributed by atoms with Gasteiger partial charge in [0.2, 0.25) is 0 Å². The third-order valence-electron chi connectivity index (χ3n) is 6.89. The van der Waals surface area contributed by atoms with Crippen molar-refractivity contribution < 1.29 is 19.8 Å². The van der Waals surface area contributed by atoms with Crippen molar-refractivity contribution in [1.82, 2.24) is 0 Å². The standard InChI is InChI=1S/C20H32O4/c1-13-6-9-16-19(2,3)10-5-11-20(16,4)15(13)8-7-14(18(23)24)12-17(21)22/h14-16H,1,5-12H2,2-4H3,(H,21,22)(H,23,24)/t14-,15+,16+,20-/m0/s1. The Morgan fingerprint density at radius 1 is 1.25 bits per heavy atom. The molecule has 0 aromatic heterocycles. The Morgan fingerprint density at radius 2 is 1.92 bits per heavy atom. The molecule has 4 nitrogen and oxygen atoms in total. The van der Waals surface area contributed by atoms with Crippen molar-refractivity contribution in [2.45, 2.75) is 72.1 Å². The fraction of sp³-hybridized carbons (Fsp3) is 0.800. The molecule has 0 radical (unpaired) electrons. The van der Waals surface area contributed by atoms with Gasteiger partial charge in [-0.05, 0) is 61.2 Å². The first-order valence-electron chi connectivity index (χ1n) is 9.20. The zero-order valence-electron chi connectivity index (χ0n) is 15.3. The molecule has 0 unspecified atom stereocenters. The minimum atomic E-state index is -1.03. The van der Waals surface area contributed by atoms with Gasteiger partial charge in [0.05, 0.1) is 12.3 Å². The number of aliphatic carboxylic acids is 2. The molecular weight excluding hydrogens is 304 g/mol. The van der Waals surface area contributed by atoms with Crippen LogP contribution in [0.25, 0.3) is 0 Å². The largest absolute Gasteiger partial charge is 0.481 e. The van der Waals surface area contributed by atoms with E-state index in [0.29, 0.717) is 23.7 Å². The van der Waals surface area contributed by atoms with Crippen LogP contribution in [0.5, 0.6) is 0 Å². The molecule has 0 saturated heterocycles. The highest BCUT2D eigenvalue weighted by molar-refractivity contribution is 5.77. The van der Waals surface area contributed by atoms with E-state index < -0.39 is 17.9 Å². The van der Waals surface area contributed by atoms with Crippen LogP contribution in [0.3, 0.4) is 0 Å². The van der Waals surface area contributed by atoms with Crippen LogP contribution >= 0.6 is 0 Å². The molecule has 0 heterocycles. The summed E-state index contributed by atoms with van der Waals surface area (Å²) in [6.45, 7) is 11.4. The highest BCUT2D eigenvalue weighted by Crippen LogP contribution is 2.61. The van der Waals surface area contributed by atoms with E-state index in [4.69, 9.17) is 5.11 Å². The van der Waals surface area contributed by atoms with Gasteiger partial charge in [0, 0.05) is 0 Å². The van der Waals surface area contributed by atoms with Gasteiger partial charge in [-0.1, -0.05) is 39.3 Å². The zero-order valence-corrected chi connectivity index (χ0v) is 15.3. The summed E-state index contributed by atoms with van der Waals surface area (Å²) < 4.78 is 0. The summed E-state index contributed by atoms with van der Waals surface area (Å²) in [6.07, 6.45) is 6.70. The van der Waals surface area contributed by atoms with Crippen molar-refractivity contribution in [3.05, 3.63) is 12.2 Å². The molecule has 2 saturated carbocycles. The maximum Gasteiger partial charge on any atom is 0.307 e. The molecule has 2 rings (SSSR count). The summed E-state index contributed by atoms with van der Waals surface area (Å²) in [7, 11) is 0. The normalized spacial score (nSPS) is 33.5. The Kier molecular flexibility index (Phi) is 5.46.